The van der Waals surface area contributed by atoms with Gasteiger partial charge in [0, 0.05) is 0 Å². The van der Waals surface area contributed by atoms with E-state index in [-0.39, 0.29) is 5.25 Å². The van der Waals surface area contributed by atoms with Gasteiger partial charge in [-0.15, -0.1) is 11.8 Å². The Kier molecular flexibility index (Phi) is 6.96. The first-order valence-corrected chi connectivity index (χ1v) is 5.96. The number of thioether (sulfide) groups is 2. The van der Waals surface area contributed by atoms with Gasteiger partial charge in [-0.2, -0.15) is 11.8 Å². The molecule has 0 fully saturated rings. The standard InChI is InChI=1S/C7H14O2S2/c1-6(7(8)9)11-5-3-4-10-2/h6H,3-5H2,1-2H3,(H,8,9). The molecular weight excluding hydrogens is 180 g/mol. The normalized spacial score (nSPS) is 12.9. The minimum atomic E-state index is -0.709. The number of carboxylic acid groups (broad SMARTS) is 1. The molecule has 0 rings (SSSR count). The summed E-state index contributed by atoms with van der Waals surface area (Å²) in [4.78, 5) is 10.3. The third-order valence-corrected chi connectivity index (χ3v) is 3.13. The highest BCUT2D eigenvalue weighted by Gasteiger charge is 2.09. The highest BCUT2D eigenvalue weighted by Crippen LogP contribution is 2.12. The molecule has 1 unspecified atom stereocenters. The predicted octanol–water partition coefficient (Wildman–Crippen LogP) is 1.95. The molecule has 0 heterocycles. The van der Waals surface area contributed by atoms with Crippen LogP contribution in [0, 0.1) is 0 Å². The van der Waals surface area contributed by atoms with Crippen molar-refractivity contribution in [3.8, 4) is 0 Å². The van der Waals surface area contributed by atoms with Gasteiger partial charge in [-0.05, 0) is 31.1 Å². The van der Waals surface area contributed by atoms with Crippen LogP contribution in [0.3, 0.4) is 0 Å². The summed E-state index contributed by atoms with van der Waals surface area (Å²) in [6.07, 6.45) is 3.16. The average molecular weight is 194 g/mol. The van der Waals surface area contributed by atoms with Crippen LogP contribution in [0.4, 0.5) is 0 Å². The maximum Gasteiger partial charge on any atom is 0.316 e. The van der Waals surface area contributed by atoms with Crippen LogP contribution in [-0.2, 0) is 4.79 Å². The molecule has 0 aliphatic carbocycles. The Morgan fingerprint density at radius 1 is 1.55 bits per heavy atom. The van der Waals surface area contributed by atoms with Gasteiger partial charge in [0.15, 0.2) is 0 Å². The van der Waals surface area contributed by atoms with Crippen LogP contribution in [0.1, 0.15) is 13.3 Å². The first-order chi connectivity index (χ1) is 5.18. The summed E-state index contributed by atoms with van der Waals surface area (Å²) < 4.78 is 0. The number of carboxylic acids is 1. The zero-order valence-electron chi connectivity index (χ0n) is 6.87. The van der Waals surface area contributed by atoms with E-state index < -0.39 is 5.97 Å². The number of rotatable bonds is 6. The van der Waals surface area contributed by atoms with Crippen LogP contribution in [0.2, 0.25) is 0 Å². The fourth-order valence-corrected chi connectivity index (χ4v) is 1.96. The van der Waals surface area contributed by atoms with Gasteiger partial charge in [0.05, 0.1) is 5.25 Å². The van der Waals surface area contributed by atoms with Crippen molar-refractivity contribution in [2.45, 2.75) is 18.6 Å². The van der Waals surface area contributed by atoms with Crippen LogP contribution in [0.25, 0.3) is 0 Å². The summed E-state index contributed by atoms with van der Waals surface area (Å²) in [6, 6.07) is 0. The summed E-state index contributed by atoms with van der Waals surface area (Å²) in [5, 5.41) is 8.26. The van der Waals surface area contributed by atoms with E-state index in [1.165, 1.54) is 11.8 Å². The second-order valence-electron chi connectivity index (χ2n) is 2.20. The minimum absolute atomic E-state index is 0.253. The Morgan fingerprint density at radius 2 is 2.18 bits per heavy atom. The number of aliphatic carboxylic acids is 1. The molecule has 11 heavy (non-hydrogen) atoms. The molecule has 0 amide bonds. The molecule has 2 nitrogen and oxygen atoms in total. The van der Waals surface area contributed by atoms with E-state index in [0.29, 0.717) is 0 Å². The van der Waals surface area contributed by atoms with Gasteiger partial charge < -0.3 is 5.11 Å². The van der Waals surface area contributed by atoms with E-state index >= 15 is 0 Å². The van der Waals surface area contributed by atoms with E-state index in [4.69, 9.17) is 5.11 Å². The fraction of sp³-hybridized carbons (Fsp3) is 0.857. The molecule has 4 heteroatoms. The lowest BCUT2D eigenvalue weighted by atomic mass is 10.5. The summed E-state index contributed by atoms with van der Waals surface area (Å²) in [6.45, 7) is 1.73. The maximum atomic E-state index is 10.3. The van der Waals surface area contributed by atoms with E-state index in [0.717, 1.165) is 17.9 Å². The van der Waals surface area contributed by atoms with Crippen LogP contribution in [0.15, 0.2) is 0 Å². The van der Waals surface area contributed by atoms with Crippen LogP contribution >= 0.6 is 23.5 Å². The molecule has 0 spiro atoms. The van der Waals surface area contributed by atoms with E-state index in [2.05, 4.69) is 6.26 Å². The van der Waals surface area contributed by atoms with Crippen molar-refractivity contribution >= 4 is 29.5 Å². The minimum Gasteiger partial charge on any atom is -0.480 e. The lowest BCUT2D eigenvalue weighted by Crippen LogP contribution is -2.12. The number of hydrogen-bond donors (Lipinski definition) is 1. The van der Waals surface area contributed by atoms with Crippen molar-refractivity contribution in [1.82, 2.24) is 0 Å². The second-order valence-corrected chi connectivity index (χ2v) is 4.63. The molecule has 0 aromatic heterocycles. The molecule has 66 valence electrons. The summed E-state index contributed by atoms with van der Waals surface area (Å²) >= 11 is 3.31. The van der Waals surface area contributed by atoms with Gasteiger partial charge in [0.1, 0.15) is 0 Å². The van der Waals surface area contributed by atoms with Crippen molar-refractivity contribution in [3.05, 3.63) is 0 Å². The molecular formula is C7H14O2S2. The first kappa shape index (κ1) is 11.2. The third-order valence-electron chi connectivity index (χ3n) is 1.21. The van der Waals surface area contributed by atoms with Crippen molar-refractivity contribution in [2.24, 2.45) is 0 Å². The summed E-state index contributed by atoms with van der Waals surface area (Å²) in [5.41, 5.74) is 0. The van der Waals surface area contributed by atoms with Gasteiger partial charge in [0.25, 0.3) is 0 Å². The molecule has 0 saturated heterocycles. The summed E-state index contributed by atoms with van der Waals surface area (Å²) in [5.74, 6) is 1.37. The van der Waals surface area contributed by atoms with Crippen molar-refractivity contribution in [1.29, 1.82) is 0 Å². The Hall–Kier alpha value is 0.170. The lowest BCUT2D eigenvalue weighted by molar-refractivity contribution is -0.136. The second kappa shape index (κ2) is 6.85. The third kappa shape index (κ3) is 6.56. The number of hydrogen-bond acceptors (Lipinski definition) is 3. The topological polar surface area (TPSA) is 37.3 Å². The van der Waals surface area contributed by atoms with Gasteiger partial charge >= 0.3 is 5.97 Å². The molecule has 0 saturated carbocycles. The molecule has 1 N–H and O–H groups in total. The molecule has 0 aliphatic heterocycles. The van der Waals surface area contributed by atoms with E-state index in [1.54, 1.807) is 18.7 Å². The molecule has 1 atom stereocenters. The van der Waals surface area contributed by atoms with Gasteiger partial charge in [-0.1, -0.05) is 0 Å². The molecule has 0 radical (unpaired) electrons. The molecule has 0 aromatic rings. The first-order valence-electron chi connectivity index (χ1n) is 3.52. The largest absolute Gasteiger partial charge is 0.480 e. The van der Waals surface area contributed by atoms with Crippen LogP contribution < -0.4 is 0 Å². The molecule has 0 aliphatic rings. The lowest BCUT2D eigenvalue weighted by Gasteiger charge is -2.04. The van der Waals surface area contributed by atoms with Crippen LogP contribution in [-0.4, -0.2) is 34.1 Å². The Balaban J connectivity index is 3.17. The average Bonchev–Trinajstić information content (AvgIpc) is 1.97. The zero-order valence-corrected chi connectivity index (χ0v) is 8.50. The van der Waals surface area contributed by atoms with Gasteiger partial charge in [-0.25, -0.2) is 0 Å². The molecule has 0 bridgehead atoms. The van der Waals surface area contributed by atoms with Crippen molar-refractivity contribution < 1.29 is 9.90 Å². The monoisotopic (exact) mass is 194 g/mol. The van der Waals surface area contributed by atoms with Crippen molar-refractivity contribution in [2.75, 3.05) is 17.8 Å². The van der Waals surface area contributed by atoms with Crippen molar-refractivity contribution in [3.63, 3.8) is 0 Å². The van der Waals surface area contributed by atoms with Gasteiger partial charge in [-0.3, -0.25) is 4.79 Å². The highest BCUT2D eigenvalue weighted by molar-refractivity contribution is 8.00. The van der Waals surface area contributed by atoms with E-state index in [9.17, 15) is 4.79 Å². The zero-order chi connectivity index (χ0) is 8.69. The smallest absolute Gasteiger partial charge is 0.316 e. The van der Waals surface area contributed by atoms with Gasteiger partial charge in [0.2, 0.25) is 0 Å². The molecule has 0 aromatic carbocycles. The maximum absolute atomic E-state index is 10.3. The highest BCUT2D eigenvalue weighted by atomic mass is 32.2. The number of carbonyl (C=O) groups is 1. The quantitative estimate of drug-likeness (QED) is 0.656. The Bertz CT molecular complexity index is 117. The Labute approximate surface area is 76.1 Å². The summed E-state index contributed by atoms with van der Waals surface area (Å²) in [7, 11) is 0. The fourth-order valence-electron chi connectivity index (χ4n) is 0.535. The SMILES string of the molecule is CSCCCSC(C)C(=O)O. The van der Waals surface area contributed by atoms with Crippen LogP contribution in [0.5, 0.6) is 0 Å². The predicted molar refractivity (Wildman–Crippen MR) is 52.6 cm³/mol. The Morgan fingerprint density at radius 3 is 2.64 bits per heavy atom. The van der Waals surface area contributed by atoms with E-state index in [1.807, 2.05) is 0 Å².